The molecule has 1 aromatic carbocycles. The fourth-order valence-electron chi connectivity index (χ4n) is 3.60. The molecule has 0 saturated heterocycles. The lowest BCUT2D eigenvalue weighted by atomic mass is 10.1. The van der Waals surface area contributed by atoms with Gasteiger partial charge in [-0.25, -0.2) is 0 Å². The lowest BCUT2D eigenvalue weighted by Crippen LogP contribution is -2.26. The van der Waals surface area contributed by atoms with Crippen LogP contribution in [-0.4, -0.2) is 28.0 Å². The topological polar surface area (TPSA) is 21.1 Å². The van der Waals surface area contributed by atoms with Crippen LogP contribution < -0.4 is 0 Å². The van der Waals surface area contributed by atoms with Crippen LogP contribution in [0.4, 0.5) is 0 Å². The number of hydrogen-bond donors (Lipinski definition) is 0. The number of aryl methyl sites for hydroxylation is 1. The number of hydrogen-bond acceptors (Lipinski definition) is 2. The van der Waals surface area contributed by atoms with Crippen molar-refractivity contribution in [3.8, 4) is 0 Å². The van der Waals surface area contributed by atoms with Gasteiger partial charge in [0.25, 0.3) is 0 Å². The third-order valence-electron chi connectivity index (χ3n) is 4.98. The summed E-state index contributed by atoms with van der Waals surface area (Å²) in [6.07, 6.45) is 5.34. The van der Waals surface area contributed by atoms with E-state index in [0.717, 1.165) is 25.2 Å². The molecule has 1 aliphatic heterocycles. The van der Waals surface area contributed by atoms with Crippen molar-refractivity contribution in [2.45, 2.75) is 26.8 Å². The third-order valence-corrected chi connectivity index (χ3v) is 4.98. The van der Waals surface area contributed by atoms with Crippen molar-refractivity contribution < 1.29 is 0 Å². The maximum Gasteiger partial charge on any atom is 0.0528 e. The first kappa shape index (κ1) is 15.2. The van der Waals surface area contributed by atoms with Crippen LogP contribution in [0, 0.1) is 6.92 Å². The van der Waals surface area contributed by atoms with E-state index in [0.29, 0.717) is 0 Å². The normalized spacial score (nSPS) is 15.7. The molecule has 3 heterocycles. The number of rotatable bonds is 2. The Morgan fingerprint density at radius 1 is 1.17 bits per heavy atom. The Kier molecular flexibility index (Phi) is 3.73. The van der Waals surface area contributed by atoms with Gasteiger partial charge in [-0.15, -0.1) is 0 Å². The average molecular weight is 317 g/mol. The van der Waals surface area contributed by atoms with Crippen LogP contribution in [0.3, 0.4) is 0 Å². The Balaban J connectivity index is 1.87. The summed E-state index contributed by atoms with van der Waals surface area (Å²) in [6.45, 7) is 6.34. The first-order valence-electron chi connectivity index (χ1n) is 8.54. The summed E-state index contributed by atoms with van der Waals surface area (Å²) in [4.78, 5) is 6.83. The zero-order valence-electron chi connectivity index (χ0n) is 14.6. The highest BCUT2D eigenvalue weighted by Gasteiger charge is 2.21. The molecule has 0 aliphatic carbocycles. The van der Waals surface area contributed by atoms with E-state index in [1.165, 1.54) is 33.3 Å². The standard InChI is InChI=1S/C21H23N3/c1-15(17-9-8-16(2)22-12-17)13-24-20-7-5-4-6-18(20)19-14-23(3)11-10-21(19)24/h4-9,12-13H,10-11,14H2,1-3H3/b15-13-. The third kappa shape index (κ3) is 2.55. The molecule has 24 heavy (non-hydrogen) atoms. The van der Waals surface area contributed by atoms with Gasteiger partial charge in [0.2, 0.25) is 0 Å². The molecule has 0 N–H and O–H groups in total. The van der Waals surface area contributed by atoms with Gasteiger partial charge in [-0.05, 0) is 49.7 Å². The summed E-state index contributed by atoms with van der Waals surface area (Å²) in [5.41, 5.74) is 7.71. The van der Waals surface area contributed by atoms with Gasteiger partial charge in [0.15, 0.2) is 0 Å². The number of nitrogens with zero attached hydrogens (tertiary/aromatic N) is 3. The number of allylic oxidation sites excluding steroid dienone is 1. The van der Waals surface area contributed by atoms with Gasteiger partial charge in [0, 0.05) is 48.7 Å². The second kappa shape index (κ2) is 5.91. The van der Waals surface area contributed by atoms with Gasteiger partial charge in [0.1, 0.15) is 0 Å². The number of benzene rings is 1. The number of aromatic nitrogens is 2. The Morgan fingerprint density at radius 3 is 2.79 bits per heavy atom. The van der Waals surface area contributed by atoms with Crippen LogP contribution in [0.2, 0.25) is 0 Å². The minimum Gasteiger partial charge on any atom is -0.320 e. The number of para-hydroxylation sites is 1. The van der Waals surface area contributed by atoms with E-state index >= 15 is 0 Å². The molecular formula is C21H23N3. The van der Waals surface area contributed by atoms with Gasteiger partial charge in [0.05, 0.1) is 5.52 Å². The highest BCUT2D eigenvalue weighted by atomic mass is 15.1. The summed E-state index contributed by atoms with van der Waals surface area (Å²) < 4.78 is 2.40. The second-order valence-electron chi connectivity index (χ2n) is 6.80. The fraction of sp³-hybridized carbons (Fsp3) is 0.286. The molecule has 4 rings (SSSR count). The second-order valence-corrected chi connectivity index (χ2v) is 6.80. The van der Waals surface area contributed by atoms with Crippen molar-refractivity contribution in [3.05, 3.63) is 65.1 Å². The molecule has 3 aromatic rings. The Morgan fingerprint density at radius 2 is 2.00 bits per heavy atom. The SMILES string of the molecule is C/C(=C/n1c2c(c3ccccc31)CN(C)CC2)c1ccc(C)nc1. The molecule has 122 valence electrons. The smallest absolute Gasteiger partial charge is 0.0528 e. The molecule has 0 fully saturated rings. The molecular weight excluding hydrogens is 294 g/mol. The lowest BCUT2D eigenvalue weighted by Gasteiger charge is -2.23. The van der Waals surface area contributed by atoms with Crippen LogP contribution >= 0.6 is 0 Å². The zero-order valence-corrected chi connectivity index (χ0v) is 14.6. The van der Waals surface area contributed by atoms with Crippen molar-refractivity contribution >= 4 is 22.7 Å². The molecule has 3 nitrogen and oxygen atoms in total. The Bertz CT molecular complexity index is 916. The minimum absolute atomic E-state index is 1.03. The van der Waals surface area contributed by atoms with Gasteiger partial charge in [-0.2, -0.15) is 0 Å². The van der Waals surface area contributed by atoms with E-state index in [-0.39, 0.29) is 0 Å². The molecule has 0 amide bonds. The monoisotopic (exact) mass is 317 g/mol. The van der Waals surface area contributed by atoms with Crippen molar-refractivity contribution in [1.82, 2.24) is 14.5 Å². The van der Waals surface area contributed by atoms with E-state index in [1.54, 1.807) is 0 Å². The van der Waals surface area contributed by atoms with Crippen LogP contribution in [0.1, 0.15) is 29.4 Å². The van der Waals surface area contributed by atoms with Crippen molar-refractivity contribution in [1.29, 1.82) is 0 Å². The molecule has 0 radical (unpaired) electrons. The maximum atomic E-state index is 4.43. The largest absolute Gasteiger partial charge is 0.320 e. The Labute approximate surface area is 143 Å². The highest BCUT2D eigenvalue weighted by molar-refractivity contribution is 5.89. The fourth-order valence-corrected chi connectivity index (χ4v) is 3.60. The van der Waals surface area contributed by atoms with Crippen LogP contribution in [-0.2, 0) is 13.0 Å². The van der Waals surface area contributed by atoms with Crippen molar-refractivity contribution in [2.24, 2.45) is 0 Å². The summed E-state index contributed by atoms with van der Waals surface area (Å²) in [6, 6.07) is 13.0. The predicted octanol–water partition coefficient (Wildman–Crippen LogP) is 4.35. The Hall–Kier alpha value is -2.39. The van der Waals surface area contributed by atoms with E-state index in [4.69, 9.17) is 0 Å². The number of fused-ring (bicyclic) bond motifs is 3. The molecule has 1 aliphatic rings. The van der Waals surface area contributed by atoms with Crippen molar-refractivity contribution in [3.63, 3.8) is 0 Å². The summed E-state index contributed by atoms with van der Waals surface area (Å²) >= 11 is 0. The summed E-state index contributed by atoms with van der Waals surface area (Å²) in [5.74, 6) is 0. The molecule has 0 bridgehead atoms. The van der Waals surface area contributed by atoms with Gasteiger partial charge in [-0.3, -0.25) is 4.98 Å². The zero-order chi connectivity index (χ0) is 16.7. The highest BCUT2D eigenvalue weighted by Crippen LogP contribution is 2.31. The average Bonchev–Trinajstić information content (AvgIpc) is 2.89. The maximum absolute atomic E-state index is 4.43. The van der Waals surface area contributed by atoms with E-state index in [9.17, 15) is 0 Å². The van der Waals surface area contributed by atoms with E-state index < -0.39 is 0 Å². The van der Waals surface area contributed by atoms with Crippen LogP contribution in [0.25, 0.3) is 22.7 Å². The first-order valence-corrected chi connectivity index (χ1v) is 8.54. The van der Waals surface area contributed by atoms with Crippen molar-refractivity contribution in [2.75, 3.05) is 13.6 Å². The van der Waals surface area contributed by atoms with Gasteiger partial charge in [-0.1, -0.05) is 24.3 Å². The first-order chi connectivity index (χ1) is 11.6. The molecule has 0 saturated carbocycles. The van der Waals surface area contributed by atoms with Gasteiger partial charge >= 0.3 is 0 Å². The van der Waals surface area contributed by atoms with Crippen LogP contribution in [0.15, 0.2) is 42.6 Å². The summed E-state index contributed by atoms with van der Waals surface area (Å²) in [7, 11) is 2.20. The van der Waals surface area contributed by atoms with E-state index in [1.807, 2.05) is 13.1 Å². The molecule has 0 spiro atoms. The molecule has 0 atom stereocenters. The summed E-state index contributed by atoms with van der Waals surface area (Å²) in [5, 5.41) is 1.38. The van der Waals surface area contributed by atoms with E-state index in [2.05, 4.69) is 71.0 Å². The lowest BCUT2D eigenvalue weighted by molar-refractivity contribution is 0.312. The molecule has 3 heteroatoms. The quantitative estimate of drug-likeness (QED) is 0.700. The minimum atomic E-state index is 1.03. The number of likely N-dealkylation sites (N-methyl/N-ethyl adjacent to an activating group) is 1. The predicted molar refractivity (Wildman–Crippen MR) is 101 cm³/mol. The van der Waals surface area contributed by atoms with Gasteiger partial charge < -0.3 is 9.47 Å². The number of pyridine rings is 1. The molecule has 2 aromatic heterocycles. The molecule has 0 unspecified atom stereocenters. The van der Waals surface area contributed by atoms with Crippen LogP contribution in [0.5, 0.6) is 0 Å².